The van der Waals surface area contributed by atoms with Crippen LogP contribution in [0, 0.1) is 0 Å². The standard InChI is InChI=1S/C7H13NO2/c1-3-5-8-7(9)4-6-10-2/h3H,1,4-6H2,2H3,(H,8,9). The molecule has 0 atom stereocenters. The van der Waals surface area contributed by atoms with Crippen LogP contribution in [-0.2, 0) is 9.53 Å². The maximum atomic E-state index is 10.7. The second kappa shape index (κ2) is 6.29. The minimum absolute atomic E-state index is 0.00162. The van der Waals surface area contributed by atoms with E-state index in [1.807, 2.05) is 0 Å². The van der Waals surface area contributed by atoms with Crippen molar-refractivity contribution in [2.24, 2.45) is 0 Å². The van der Waals surface area contributed by atoms with Crippen molar-refractivity contribution < 1.29 is 9.53 Å². The van der Waals surface area contributed by atoms with Crippen LogP contribution in [0.5, 0.6) is 0 Å². The van der Waals surface area contributed by atoms with Gasteiger partial charge in [-0.2, -0.15) is 0 Å². The average Bonchev–Trinajstić information content (AvgIpc) is 1.97. The molecule has 0 aromatic carbocycles. The van der Waals surface area contributed by atoms with E-state index in [0.717, 1.165) is 0 Å². The van der Waals surface area contributed by atoms with E-state index in [1.165, 1.54) is 0 Å². The zero-order valence-electron chi connectivity index (χ0n) is 6.22. The maximum Gasteiger partial charge on any atom is 0.222 e. The van der Waals surface area contributed by atoms with Crippen LogP contribution in [0.4, 0.5) is 0 Å². The van der Waals surface area contributed by atoms with Gasteiger partial charge in [-0.15, -0.1) is 6.58 Å². The van der Waals surface area contributed by atoms with Crippen LogP contribution < -0.4 is 5.32 Å². The van der Waals surface area contributed by atoms with E-state index in [9.17, 15) is 4.79 Å². The fourth-order valence-electron chi connectivity index (χ4n) is 0.469. The van der Waals surface area contributed by atoms with E-state index in [4.69, 9.17) is 4.74 Å². The molecule has 0 rings (SSSR count). The van der Waals surface area contributed by atoms with Crippen molar-refractivity contribution in [3.63, 3.8) is 0 Å². The quantitative estimate of drug-likeness (QED) is 0.563. The van der Waals surface area contributed by atoms with Crippen molar-refractivity contribution >= 4 is 5.91 Å². The monoisotopic (exact) mass is 143 g/mol. The molecule has 0 saturated heterocycles. The molecule has 0 radical (unpaired) electrons. The van der Waals surface area contributed by atoms with Crippen LogP contribution in [0.25, 0.3) is 0 Å². The Balaban J connectivity index is 3.16. The smallest absolute Gasteiger partial charge is 0.222 e. The topological polar surface area (TPSA) is 38.3 Å². The molecule has 0 spiro atoms. The molecule has 0 bridgehead atoms. The molecule has 3 heteroatoms. The van der Waals surface area contributed by atoms with Gasteiger partial charge in [0, 0.05) is 20.1 Å². The van der Waals surface area contributed by atoms with Gasteiger partial charge in [-0.05, 0) is 0 Å². The molecular weight excluding hydrogens is 130 g/mol. The van der Waals surface area contributed by atoms with Gasteiger partial charge in [0.15, 0.2) is 0 Å². The Bertz CT molecular complexity index is 112. The molecule has 3 nitrogen and oxygen atoms in total. The molecule has 1 amide bonds. The average molecular weight is 143 g/mol. The largest absolute Gasteiger partial charge is 0.384 e. The maximum absolute atomic E-state index is 10.7. The summed E-state index contributed by atoms with van der Waals surface area (Å²) < 4.78 is 4.71. The molecule has 0 aromatic heterocycles. The molecule has 0 aliphatic rings. The van der Waals surface area contributed by atoms with E-state index < -0.39 is 0 Å². The minimum Gasteiger partial charge on any atom is -0.384 e. The summed E-state index contributed by atoms with van der Waals surface area (Å²) in [6, 6.07) is 0. The summed E-state index contributed by atoms with van der Waals surface area (Å²) in [4.78, 5) is 10.7. The zero-order chi connectivity index (χ0) is 7.82. The molecule has 1 N–H and O–H groups in total. The molecular formula is C7H13NO2. The van der Waals surface area contributed by atoms with Crippen LogP contribution in [0.3, 0.4) is 0 Å². The van der Waals surface area contributed by atoms with Crippen molar-refractivity contribution in [1.29, 1.82) is 0 Å². The first kappa shape index (κ1) is 9.17. The Kier molecular flexibility index (Phi) is 5.77. The van der Waals surface area contributed by atoms with Gasteiger partial charge in [0.2, 0.25) is 5.91 Å². The summed E-state index contributed by atoms with van der Waals surface area (Å²) in [5.74, 6) is 0.00162. The first-order chi connectivity index (χ1) is 4.81. The van der Waals surface area contributed by atoms with Gasteiger partial charge in [0.1, 0.15) is 0 Å². The number of nitrogens with one attached hydrogen (secondary N) is 1. The van der Waals surface area contributed by atoms with Crippen molar-refractivity contribution in [3.05, 3.63) is 12.7 Å². The van der Waals surface area contributed by atoms with Crippen molar-refractivity contribution in [2.45, 2.75) is 6.42 Å². The molecule has 0 unspecified atom stereocenters. The number of hydrogen-bond donors (Lipinski definition) is 1. The highest BCUT2D eigenvalue weighted by Gasteiger charge is 1.96. The number of hydrogen-bond acceptors (Lipinski definition) is 2. The van der Waals surface area contributed by atoms with Gasteiger partial charge in [0.25, 0.3) is 0 Å². The number of carbonyl (C=O) groups is 1. The normalized spacial score (nSPS) is 8.90. The Morgan fingerprint density at radius 3 is 3.00 bits per heavy atom. The van der Waals surface area contributed by atoms with Crippen LogP contribution in [0.2, 0.25) is 0 Å². The molecule has 0 aromatic rings. The third-order valence-electron chi connectivity index (χ3n) is 0.977. The Hall–Kier alpha value is -0.830. The third kappa shape index (κ3) is 5.31. The fraction of sp³-hybridized carbons (Fsp3) is 0.571. The van der Waals surface area contributed by atoms with Crippen LogP contribution in [0.1, 0.15) is 6.42 Å². The predicted molar refractivity (Wildman–Crippen MR) is 39.7 cm³/mol. The van der Waals surface area contributed by atoms with Crippen molar-refractivity contribution in [1.82, 2.24) is 5.32 Å². The second-order valence-corrected chi connectivity index (χ2v) is 1.84. The summed E-state index contributed by atoms with van der Waals surface area (Å²) in [6.45, 7) is 4.47. The first-order valence-corrected chi connectivity index (χ1v) is 3.17. The molecule has 0 saturated carbocycles. The lowest BCUT2D eigenvalue weighted by Gasteiger charge is -1.99. The molecule has 58 valence electrons. The highest BCUT2D eigenvalue weighted by molar-refractivity contribution is 5.76. The van der Waals surface area contributed by atoms with Gasteiger partial charge in [-0.25, -0.2) is 0 Å². The fourth-order valence-corrected chi connectivity index (χ4v) is 0.469. The van der Waals surface area contributed by atoms with Gasteiger partial charge in [0.05, 0.1) is 6.61 Å². The zero-order valence-corrected chi connectivity index (χ0v) is 6.22. The summed E-state index contributed by atoms with van der Waals surface area (Å²) in [5.41, 5.74) is 0. The van der Waals surface area contributed by atoms with E-state index in [1.54, 1.807) is 13.2 Å². The number of methoxy groups -OCH3 is 1. The highest BCUT2D eigenvalue weighted by Crippen LogP contribution is 1.79. The number of carbonyl (C=O) groups excluding carboxylic acids is 1. The first-order valence-electron chi connectivity index (χ1n) is 3.17. The van der Waals surface area contributed by atoms with Crippen LogP contribution >= 0.6 is 0 Å². The van der Waals surface area contributed by atoms with E-state index in [-0.39, 0.29) is 5.91 Å². The third-order valence-corrected chi connectivity index (χ3v) is 0.977. The molecule has 0 heterocycles. The Morgan fingerprint density at radius 2 is 2.50 bits per heavy atom. The minimum atomic E-state index is 0.00162. The van der Waals surface area contributed by atoms with Crippen molar-refractivity contribution in [3.8, 4) is 0 Å². The summed E-state index contributed by atoms with van der Waals surface area (Å²) in [7, 11) is 1.57. The van der Waals surface area contributed by atoms with E-state index in [2.05, 4.69) is 11.9 Å². The van der Waals surface area contributed by atoms with Gasteiger partial charge < -0.3 is 10.1 Å². The number of rotatable bonds is 5. The van der Waals surface area contributed by atoms with Crippen LogP contribution in [-0.4, -0.2) is 26.2 Å². The SMILES string of the molecule is C=CCNC(=O)CCOC. The molecule has 0 aliphatic heterocycles. The van der Waals surface area contributed by atoms with Crippen molar-refractivity contribution in [2.75, 3.05) is 20.3 Å². The van der Waals surface area contributed by atoms with E-state index in [0.29, 0.717) is 19.6 Å². The summed E-state index contributed by atoms with van der Waals surface area (Å²) >= 11 is 0. The summed E-state index contributed by atoms with van der Waals surface area (Å²) in [6.07, 6.45) is 2.06. The predicted octanol–water partition coefficient (Wildman–Crippen LogP) is 0.325. The summed E-state index contributed by atoms with van der Waals surface area (Å²) in [5, 5.41) is 2.63. The Morgan fingerprint density at radius 1 is 1.80 bits per heavy atom. The molecule has 0 fully saturated rings. The lowest BCUT2D eigenvalue weighted by atomic mass is 10.4. The molecule has 0 aliphatic carbocycles. The number of ether oxygens (including phenoxy) is 1. The van der Waals surface area contributed by atoms with Gasteiger partial charge >= 0.3 is 0 Å². The Labute approximate surface area is 61.1 Å². The van der Waals surface area contributed by atoms with E-state index >= 15 is 0 Å². The van der Waals surface area contributed by atoms with Crippen LogP contribution in [0.15, 0.2) is 12.7 Å². The molecule has 10 heavy (non-hydrogen) atoms. The van der Waals surface area contributed by atoms with Gasteiger partial charge in [-0.3, -0.25) is 4.79 Å². The number of amides is 1. The highest BCUT2D eigenvalue weighted by atomic mass is 16.5. The lowest BCUT2D eigenvalue weighted by molar-refractivity contribution is -0.121. The lowest BCUT2D eigenvalue weighted by Crippen LogP contribution is -2.23. The second-order valence-electron chi connectivity index (χ2n) is 1.84. The van der Waals surface area contributed by atoms with Gasteiger partial charge in [-0.1, -0.05) is 6.08 Å².